The van der Waals surface area contributed by atoms with Crippen LogP contribution in [0.3, 0.4) is 0 Å². The Hall–Kier alpha value is -0.860. The third-order valence-electron chi connectivity index (χ3n) is 3.61. The third-order valence-corrected chi connectivity index (χ3v) is 4.43. The first-order chi connectivity index (χ1) is 9.29. The summed E-state index contributed by atoms with van der Waals surface area (Å²) in [6, 6.07) is 15.4. The van der Waals surface area contributed by atoms with Gasteiger partial charge in [-0.3, -0.25) is 0 Å². The van der Waals surface area contributed by atoms with Crippen LogP contribution in [0.4, 0.5) is 0 Å². The lowest BCUT2D eigenvalue weighted by atomic mass is 9.94. The Kier molecular flexibility index (Phi) is 3.90. The first-order valence-corrected chi connectivity index (χ1v) is 8.34. The number of hydrogen-bond donors (Lipinski definition) is 0. The Bertz CT molecular complexity index is 641. The average Bonchev–Trinajstić information content (AvgIpc) is 2.57. The zero-order chi connectivity index (χ0) is 13.2. The summed E-state index contributed by atoms with van der Waals surface area (Å²) in [7, 11) is 0. The van der Waals surface area contributed by atoms with E-state index >= 15 is 0 Å². The van der Waals surface area contributed by atoms with Crippen molar-refractivity contribution in [3.8, 4) is 0 Å². The monoisotopic (exact) mass is 376 g/mol. The number of allylic oxidation sites excluding steroid dienone is 1. The summed E-state index contributed by atoms with van der Waals surface area (Å²) in [6.45, 7) is 0. The van der Waals surface area contributed by atoms with Crippen LogP contribution < -0.4 is 0 Å². The zero-order valence-electron chi connectivity index (χ0n) is 10.5. The predicted molar refractivity (Wildman–Crippen MR) is 88.9 cm³/mol. The van der Waals surface area contributed by atoms with E-state index < -0.39 is 0 Å². The highest BCUT2D eigenvalue weighted by Gasteiger charge is 2.17. The van der Waals surface area contributed by atoms with Gasteiger partial charge in [-0.05, 0) is 52.8 Å². The summed E-state index contributed by atoms with van der Waals surface area (Å²) in [5.41, 5.74) is 6.97. The number of halogens is 2. The fourth-order valence-electron chi connectivity index (χ4n) is 2.74. The van der Waals surface area contributed by atoms with E-state index in [4.69, 9.17) is 0 Å². The molecule has 0 heterocycles. The van der Waals surface area contributed by atoms with E-state index in [0.29, 0.717) is 0 Å². The minimum Gasteiger partial charge on any atom is -0.0883 e. The van der Waals surface area contributed by atoms with E-state index in [-0.39, 0.29) is 0 Å². The largest absolute Gasteiger partial charge is 0.0883 e. The highest BCUT2D eigenvalue weighted by molar-refractivity contribution is 9.10. The topological polar surface area (TPSA) is 0 Å². The van der Waals surface area contributed by atoms with Crippen LogP contribution in [0, 0.1) is 0 Å². The van der Waals surface area contributed by atoms with Gasteiger partial charge in [-0.2, -0.15) is 0 Å². The molecule has 0 amide bonds. The van der Waals surface area contributed by atoms with Gasteiger partial charge in [0.25, 0.3) is 0 Å². The van der Waals surface area contributed by atoms with Gasteiger partial charge in [-0.25, -0.2) is 0 Å². The molecule has 0 bridgehead atoms. The third kappa shape index (κ3) is 2.56. The maximum absolute atomic E-state index is 3.58. The molecule has 1 aliphatic rings. The predicted octanol–water partition coefficient (Wildman–Crippen LogP) is 5.37. The molecule has 2 aromatic carbocycles. The first kappa shape index (κ1) is 13.1. The average molecular weight is 378 g/mol. The number of fused-ring (bicyclic) bond motifs is 2. The van der Waals surface area contributed by atoms with Gasteiger partial charge in [0.2, 0.25) is 0 Å². The summed E-state index contributed by atoms with van der Waals surface area (Å²) in [5.74, 6) is 0. The van der Waals surface area contributed by atoms with Crippen LogP contribution in [0.5, 0.6) is 0 Å². The molecule has 2 aromatic rings. The second-order valence-corrected chi connectivity index (χ2v) is 6.29. The van der Waals surface area contributed by atoms with Gasteiger partial charge in [-0.1, -0.05) is 68.3 Å². The molecule has 0 unspecified atom stereocenters. The summed E-state index contributed by atoms with van der Waals surface area (Å²) in [6.07, 6.45) is 4.49. The maximum atomic E-state index is 3.58. The molecular weight excluding hydrogens is 364 g/mol. The Morgan fingerprint density at radius 3 is 2.53 bits per heavy atom. The van der Waals surface area contributed by atoms with Crippen molar-refractivity contribution >= 4 is 37.4 Å². The lowest BCUT2D eigenvalue weighted by Crippen LogP contribution is -1.92. The van der Waals surface area contributed by atoms with Crippen LogP contribution in [0.1, 0.15) is 22.3 Å². The van der Waals surface area contributed by atoms with Crippen molar-refractivity contribution in [2.45, 2.75) is 12.8 Å². The minimum absolute atomic E-state index is 0.881. The number of benzene rings is 2. The van der Waals surface area contributed by atoms with Crippen molar-refractivity contribution in [1.82, 2.24) is 0 Å². The molecule has 1 aliphatic carbocycles. The van der Waals surface area contributed by atoms with E-state index in [1.54, 1.807) is 0 Å². The summed E-state index contributed by atoms with van der Waals surface area (Å²) in [4.78, 5) is 0. The second-order valence-electron chi connectivity index (χ2n) is 4.73. The fraction of sp³-hybridized carbons (Fsp3) is 0.176. The van der Waals surface area contributed by atoms with Crippen LogP contribution in [-0.2, 0) is 12.8 Å². The van der Waals surface area contributed by atoms with Gasteiger partial charge in [0.1, 0.15) is 0 Å². The second kappa shape index (κ2) is 5.64. The van der Waals surface area contributed by atoms with Crippen molar-refractivity contribution < 1.29 is 0 Å². The smallest absolute Gasteiger partial charge is 0.0221 e. The standard InChI is InChI=1S/C17H14Br2/c18-10-9-17-15-4-2-1-3-12(15)5-6-13-11-14(19)7-8-16(13)17/h1-4,7-9,11H,5-6,10H2. The van der Waals surface area contributed by atoms with Crippen molar-refractivity contribution in [2.75, 3.05) is 5.33 Å². The van der Waals surface area contributed by atoms with Gasteiger partial charge in [0, 0.05) is 9.80 Å². The van der Waals surface area contributed by atoms with Crippen molar-refractivity contribution in [3.63, 3.8) is 0 Å². The Labute approximate surface area is 130 Å². The highest BCUT2D eigenvalue weighted by atomic mass is 79.9. The summed E-state index contributed by atoms with van der Waals surface area (Å²) < 4.78 is 1.16. The van der Waals surface area contributed by atoms with E-state index in [0.717, 1.165) is 22.6 Å². The van der Waals surface area contributed by atoms with Crippen LogP contribution in [0.15, 0.2) is 53.0 Å². The van der Waals surface area contributed by atoms with E-state index in [9.17, 15) is 0 Å². The molecule has 3 rings (SSSR count). The van der Waals surface area contributed by atoms with Gasteiger partial charge < -0.3 is 0 Å². The maximum Gasteiger partial charge on any atom is 0.0221 e. The SMILES string of the molecule is BrCC=C1c2ccccc2CCc2cc(Br)ccc21. The first-order valence-electron chi connectivity index (χ1n) is 6.43. The number of aryl methyl sites for hydroxylation is 2. The quantitative estimate of drug-likeness (QED) is 0.585. The van der Waals surface area contributed by atoms with Crippen molar-refractivity contribution in [2.24, 2.45) is 0 Å². The summed E-state index contributed by atoms with van der Waals surface area (Å²) in [5, 5.41) is 0.881. The van der Waals surface area contributed by atoms with Gasteiger partial charge in [-0.15, -0.1) is 0 Å². The van der Waals surface area contributed by atoms with Gasteiger partial charge >= 0.3 is 0 Å². The fourth-order valence-corrected chi connectivity index (χ4v) is 3.48. The van der Waals surface area contributed by atoms with E-state index in [2.05, 4.69) is 80.4 Å². The van der Waals surface area contributed by atoms with Crippen molar-refractivity contribution in [3.05, 3.63) is 75.3 Å². The molecule has 0 aromatic heterocycles. The molecule has 96 valence electrons. The van der Waals surface area contributed by atoms with Gasteiger partial charge in [0.15, 0.2) is 0 Å². The van der Waals surface area contributed by atoms with E-state index in [1.165, 1.54) is 27.8 Å². The Morgan fingerprint density at radius 1 is 0.947 bits per heavy atom. The molecule has 0 radical (unpaired) electrons. The van der Waals surface area contributed by atoms with Crippen LogP contribution >= 0.6 is 31.9 Å². The van der Waals surface area contributed by atoms with Gasteiger partial charge in [0.05, 0.1) is 0 Å². The minimum atomic E-state index is 0.881. The number of rotatable bonds is 1. The molecule has 0 saturated heterocycles. The van der Waals surface area contributed by atoms with Crippen LogP contribution in [-0.4, -0.2) is 5.33 Å². The molecule has 0 atom stereocenters. The van der Waals surface area contributed by atoms with Crippen LogP contribution in [0.2, 0.25) is 0 Å². The Balaban J connectivity index is 2.24. The normalized spacial score (nSPS) is 15.8. The molecular formula is C17H14Br2. The van der Waals surface area contributed by atoms with Crippen molar-refractivity contribution in [1.29, 1.82) is 0 Å². The number of hydrogen-bond acceptors (Lipinski definition) is 0. The lowest BCUT2D eigenvalue weighted by molar-refractivity contribution is 0.964. The van der Waals surface area contributed by atoms with E-state index in [1.807, 2.05) is 0 Å². The molecule has 0 saturated carbocycles. The molecule has 0 spiro atoms. The highest BCUT2D eigenvalue weighted by Crippen LogP contribution is 2.34. The molecule has 0 fully saturated rings. The molecule has 0 aliphatic heterocycles. The Morgan fingerprint density at radius 2 is 1.68 bits per heavy atom. The molecule has 0 N–H and O–H groups in total. The zero-order valence-corrected chi connectivity index (χ0v) is 13.7. The molecule has 2 heteroatoms. The number of alkyl halides is 1. The summed E-state index contributed by atoms with van der Waals surface area (Å²) >= 11 is 7.12. The lowest BCUT2D eigenvalue weighted by Gasteiger charge is -2.11. The molecule has 19 heavy (non-hydrogen) atoms. The molecule has 0 nitrogen and oxygen atoms in total. The van der Waals surface area contributed by atoms with Crippen LogP contribution in [0.25, 0.3) is 5.57 Å².